The number of rotatable bonds is 2. The highest BCUT2D eigenvalue weighted by molar-refractivity contribution is 7.82. The van der Waals surface area contributed by atoms with Crippen molar-refractivity contribution >= 4 is 10.4 Å². The average Bonchev–Trinajstić information content (AvgIpc) is 1.81. The third kappa shape index (κ3) is 1.50. The third-order valence-electron chi connectivity index (χ3n) is 1.04. The summed E-state index contributed by atoms with van der Waals surface area (Å²) in [4.78, 5) is 0. The molecule has 0 saturated carbocycles. The van der Waals surface area contributed by atoms with Crippen LogP contribution in [0.25, 0.3) is 0 Å². The zero-order valence-corrected chi connectivity index (χ0v) is 5.98. The minimum atomic E-state index is -4.17. The number of hydrogen-bond donors (Lipinski definition) is 3. The Morgan fingerprint density at radius 3 is 2.18 bits per heavy atom. The van der Waals surface area contributed by atoms with Gasteiger partial charge in [0.15, 0.2) is 6.10 Å². The lowest BCUT2D eigenvalue weighted by molar-refractivity contribution is -0.369. The number of aliphatic hydroxyl groups excluding tert-OH is 2. The van der Waals surface area contributed by atoms with Crippen LogP contribution in [0.3, 0.4) is 0 Å². The predicted octanol–water partition coefficient (Wildman–Crippen LogP) is -2.72. The van der Waals surface area contributed by atoms with E-state index in [2.05, 4.69) is 8.37 Å². The van der Waals surface area contributed by atoms with E-state index in [1.807, 2.05) is 0 Å². The molecular formula is C3H6O7S. The highest BCUT2D eigenvalue weighted by Crippen LogP contribution is 2.30. The van der Waals surface area contributed by atoms with Crippen LogP contribution in [0.2, 0.25) is 0 Å². The lowest BCUT2D eigenvalue weighted by atomic mass is 10.3. The molecule has 0 amide bonds. The van der Waals surface area contributed by atoms with Crippen molar-refractivity contribution in [3.8, 4) is 0 Å². The van der Waals surface area contributed by atoms with E-state index < -0.39 is 29.1 Å². The molecule has 8 heteroatoms. The Morgan fingerprint density at radius 2 is 1.91 bits per heavy atom. The van der Waals surface area contributed by atoms with Gasteiger partial charge in [-0.25, -0.2) is 0 Å². The second-order valence-corrected chi connectivity index (χ2v) is 3.05. The fraction of sp³-hybridized carbons (Fsp3) is 1.00. The molecule has 1 aliphatic heterocycles. The first-order valence-corrected chi connectivity index (χ1v) is 3.90. The molecule has 1 rings (SSSR count). The summed E-state index contributed by atoms with van der Waals surface area (Å²) in [5.41, 5.74) is 0. The molecule has 0 bridgehead atoms. The van der Waals surface area contributed by atoms with Gasteiger partial charge in [-0.1, -0.05) is 0 Å². The Balaban J connectivity index is 2.63. The van der Waals surface area contributed by atoms with E-state index in [1.165, 1.54) is 0 Å². The summed E-state index contributed by atoms with van der Waals surface area (Å²) in [6.45, 7) is -0.869. The molecule has 1 atom stereocenters. The molecule has 0 aromatic rings. The summed E-state index contributed by atoms with van der Waals surface area (Å²) < 4.78 is 27.8. The number of aliphatic hydroxyl groups is 3. The molecule has 3 N–H and O–H groups in total. The molecular weight excluding hydrogens is 180 g/mol. The summed E-state index contributed by atoms with van der Waals surface area (Å²) in [5.74, 6) is -2.62. The van der Waals surface area contributed by atoms with Crippen LogP contribution in [0.1, 0.15) is 0 Å². The van der Waals surface area contributed by atoms with Crippen LogP contribution in [-0.4, -0.2) is 42.4 Å². The first-order chi connectivity index (χ1) is 4.90. The van der Waals surface area contributed by atoms with Gasteiger partial charge in [0.2, 0.25) is 0 Å². The SMILES string of the molecule is O=S1(=O)OC(O)(C(O)CO)O1. The summed E-state index contributed by atoms with van der Waals surface area (Å²) in [6.07, 6.45) is -1.80. The first kappa shape index (κ1) is 8.84. The number of hydrogen-bond acceptors (Lipinski definition) is 7. The summed E-state index contributed by atoms with van der Waals surface area (Å²) in [5, 5.41) is 25.7. The monoisotopic (exact) mass is 186 g/mol. The molecule has 0 aliphatic carbocycles. The van der Waals surface area contributed by atoms with Gasteiger partial charge < -0.3 is 15.3 Å². The standard InChI is InChI=1S/C3H6O7S/c4-1-2(5)3(6)9-11(7,8)10-3/h2,4-6H,1H2. The molecule has 1 aliphatic rings. The second kappa shape index (κ2) is 2.37. The van der Waals surface area contributed by atoms with Gasteiger partial charge in [-0.3, -0.25) is 0 Å². The van der Waals surface area contributed by atoms with E-state index >= 15 is 0 Å². The maximum Gasteiger partial charge on any atom is 0.409 e. The molecule has 1 saturated heterocycles. The highest BCUT2D eigenvalue weighted by Gasteiger charge is 2.56. The van der Waals surface area contributed by atoms with Crippen LogP contribution < -0.4 is 0 Å². The van der Waals surface area contributed by atoms with Gasteiger partial charge >= 0.3 is 16.4 Å². The molecule has 66 valence electrons. The minimum Gasteiger partial charge on any atom is -0.393 e. The van der Waals surface area contributed by atoms with Crippen molar-refractivity contribution in [3.05, 3.63) is 0 Å². The van der Waals surface area contributed by atoms with E-state index in [9.17, 15) is 8.42 Å². The van der Waals surface area contributed by atoms with Crippen LogP contribution in [0, 0.1) is 0 Å². The predicted molar refractivity (Wildman–Crippen MR) is 29.1 cm³/mol. The zero-order chi connectivity index (χ0) is 8.70. The van der Waals surface area contributed by atoms with Crippen LogP contribution in [0.15, 0.2) is 0 Å². The molecule has 0 aromatic carbocycles. The molecule has 1 unspecified atom stereocenters. The summed E-state index contributed by atoms with van der Waals surface area (Å²) in [7, 11) is -4.17. The van der Waals surface area contributed by atoms with Gasteiger partial charge in [0.05, 0.1) is 6.61 Å². The van der Waals surface area contributed by atoms with Crippen molar-refractivity contribution in [2.75, 3.05) is 6.61 Å². The van der Waals surface area contributed by atoms with Crippen LogP contribution in [0.4, 0.5) is 0 Å². The Hall–Kier alpha value is -0.250. The first-order valence-electron chi connectivity index (χ1n) is 2.57. The van der Waals surface area contributed by atoms with Crippen molar-refractivity contribution in [1.82, 2.24) is 0 Å². The topological polar surface area (TPSA) is 113 Å². The maximum absolute atomic E-state index is 10.1. The maximum atomic E-state index is 10.1. The molecule has 0 aromatic heterocycles. The molecule has 1 fully saturated rings. The smallest absolute Gasteiger partial charge is 0.393 e. The van der Waals surface area contributed by atoms with Gasteiger partial charge in [0.1, 0.15) is 0 Å². The Labute approximate surface area is 62.1 Å². The molecule has 0 spiro atoms. The van der Waals surface area contributed by atoms with Crippen molar-refractivity contribution in [1.29, 1.82) is 0 Å². The van der Waals surface area contributed by atoms with Crippen molar-refractivity contribution < 1.29 is 32.1 Å². The van der Waals surface area contributed by atoms with E-state index in [1.54, 1.807) is 0 Å². The van der Waals surface area contributed by atoms with Crippen molar-refractivity contribution in [2.45, 2.75) is 12.1 Å². The van der Waals surface area contributed by atoms with E-state index in [0.717, 1.165) is 0 Å². The normalized spacial score (nSPS) is 29.0. The van der Waals surface area contributed by atoms with Crippen LogP contribution >= 0.6 is 0 Å². The summed E-state index contributed by atoms with van der Waals surface area (Å²) >= 11 is 0. The third-order valence-corrected chi connectivity index (χ3v) is 1.92. The lowest BCUT2D eigenvalue weighted by Crippen LogP contribution is -2.59. The van der Waals surface area contributed by atoms with Gasteiger partial charge in [0.25, 0.3) is 0 Å². The lowest BCUT2D eigenvalue weighted by Gasteiger charge is -2.35. The highest BCUT2D eigenvalue weighted by atomic mass is 32.3. The second-order valence-electron chi connectivity index (χ2n) is 1.90. The molecule has 11 heavy (non-hydrogen) atoms. The van der Waals surface area contributed by atoms with Crippen molar-refractivity contribution in [3.63, 3.8) is 0 Å². The Kier molecular flexibility index (Phi) is 1.90. The quantitative estimate of drug-likeness (QED) is 0.429. The fourth-order valence-corrected chi connectivity index (χ4v) is 1.34. The Bertz CT molecular complexity index is 230. The summed E-state index contributed by atoms with van der Waals surface area (Å²) in [6, 6.07) is 0. The zero-order valence-electron chi connectivity index (χ0n) is 5.17. The van der Waals surface area contributed by atoms with Gasteiger partial charge in [-0.15, -0.1) is 0 Å². The van der Waals surface area contributed by atoms with E-state index in [-0.39, 0.29) is 0 Å². The Morgan fingerprint density at radius 1 is 1.45 bits per heavy atom. The molecule has 0 radical (unpaired) electrons. The molecule has 7 nitrogen and oxygen atoms in total. The van der Waals surface area contributed by atoms with Crippen LogP contribution in [0.5, 0.6) is 0 Å². The molecule has 1 heterocycles. The largest absolute Gasteiger partial charge is 0.409 e. The minimum absolute atomic E-state index is 0.869. The van der Waals surface area contributed by atoms with E-state index in [0.29, 0.717) is 0 Å². The van der Waals surface area contributed by atoms with Crippen LogP contribution in [-0.2, 0) is 18.8 Å². The average molecular weight is 186 g/mol. The van der Waals surface area contributed by atoms with Gasteiger partial charge in [-0.2, -0.15) is 16.8 Å². The fourth-order valence-electron chi connectivity index (χ4n) is 0.525. The van der Waals surface area contributed by atoms with Gasteiger partial charge in [0, 0.05) is 0 Å². The van der Waals surface area contributed by atoms with Crippen molar-refractivity contribution in [2.24, 2.45) is 0 Å². The van der Waals surface area contributed by atoms with Gasteiger partial charge in [-0.05, 0) is 0 Å². The van der Waals surface area contributed by atoms with E-state index in [4.69, 9.17) is 15.3 Å².